The van der Waals surface area contributed by atoms with Gasteiger partial charge in [-0.3, -0.25) is 9.78 Å². The Balaban J connectivity index is 2.19. The lowest BCUT2D eigenvalue weighted by Gasteiger charge is -2.37. The summed E-state index contributed by atoms with van der Waals surface area (Å²) in [6, 6.07) is 1.13. The maximum absolute atomic E-state index is 13.3. The molecule has 2 N–H and O–H groups in total. The summed E-state index contributed by atoms with van der Waals surface area (Å²) in [6.45, 7) is 0. The van der Waals surface area contributed by atoms with Gasteiger partial charge in [0.15, 0.2) is 0 Å². The summed E-state index contributed by atoms with van der Waals surface area (Å²) in [5.74, 6) is -1.94. The first-order chi connectivity index (χ1) is 9.94. The molecule has 0 radical (unpaired) electrons. The Hall–Kier alpha value is -2.05. The van der Waals surface area contributed by atoms with Gasteiger partial charge in [0, 0.05) is 12.4 Å². The van der Waals surface area contributed by atoms with Crippen molar-refractivity contribution in [3.05, 3.63) is 29.6 Å². The molecule has 0 bridgehead atoms. The van der Waals surface area contributed by atoms with E-state index < -0.39 is 23.8 Å². The third-order valence-electron chi connectivity index (χ3n) is 3.77. The number of aromatic carboxylic acids is 1. The van der Waals surface area contributed by atoms with Gasteiger partial charge in [0.05, 0.1) is 11.1 Å². The van der Waals surface area contributed by atoms with Crippen LogP contribution in [0.5, 0.6) is 0 Å². The zero-order chi connectivity index (χ0) is 15.5. The maximum Gasteiger partial charge on any atom is 0.337 e. The standard InChI is InChI=1S/C14H16F2N2O3/c15-13(16)14(4-2-1-3-5-14)18-11(19)9-6-10(12(20)21)8-17-7-9/h6-8,13H,1-5H2,(H,18,19)(H,20,21). The van der Waals surface area contributed by atoms with Crippen molar-refractivity contribution in [2.45, 2.75) is 44.1 Å². The van der Waals surface area contributed by atoms with E-state index >= 15 is 0 Å². The normalized spacial score (nSPS) is 17.5. The number of halogens is 2. The topological polar surface area (TPSA) is 79.3 Å². The smallest absolute Gasteiger partial charge is 0.337 e. The number of alkyl halides is 2. The Morgan fingerprint density at radius 2 is 1.81 bits per heavy atom. The van der Waals surface area contributed by atoms with Gasteiger partial charge < -0.3 is 10.4 Å². The molecule has 1 aliphatic rings. The second-order valence-electron chi connectivity index (χ2n) is 5.24. The monoisotopic (exact) mass is 298 g/mol. The number of hydrogen-bond donors (Lipinski definition) is 2. The molecule has 0 spiro atoms. The van der Waals surface area contributed by atoms with E-state index in [4.69, 9.17) is 5.11 Å². The van der Waals surface area contributed by atoms with E-state index in [0.717, 1.165) is 18.7 Å². The third kappa shape index (κ3) is 3.34. The van der Waals surface area contributed by atoms with Crippen molar-refractivity contribution >= 4 is 11.9 Å². The Bertz CT molecular complexity index is 543. The van der Waals surface area contributed by atoms with E-state index in [-0.39, 0.29) is 24.0 Å². The van der Waals surface area contributed by atoms with Crippen LogP contribution in [0, 0.1) is 0 Å². The molecule has 0 atom stereocenters. The minimum absolute atomic E-state index is 0.0273. The SMILES string of the molecule is O=C(O)c1cncc(C(=O)NC2(C(F)F)CCCCC2)c1. The van der Waals surface area contributed by atoms with Gasteiger partial charge in [-0.15, -0.1) is 0 Å². The van der Waals surface area contributed by atoms with E-state index in [1.807, 2.05) is 0 Å². The van der Waals surface area contributed by atoms with Crippen LogP contribution in [0.1, 0.15) is 52.8 Å². The van der Waals surface area contributed by atoms with Crippen LogP contribution in [-0.4, -0.2) is 33.9 Å². The Kier molecular flexibility index (Phi) is 4.50. The van der Waals surface area contributed by atoms with E-state index in [1.54, 1.807) is 0 Å². The lowest BCUT2D eigenvalue weighted by Crippen LogP contribution is -2.55. The second-order valence-corrected chi connectivity index (χ2v) is 5.24. The Labute approximate surface area is 120 Å². The van der Waals surface area contributed by atoms with Crippen molar-refractivity contribution in [2.75, 3.05) is 0 Å². The molecule has 0 saturated heterocycles. The maximum atomic E-state index is 13.3. The van der Waals surface area contributed by atoms with E-state index in [9.17, 15) is 18.4 Å². The number of nitrogens with one attached hydrogen (secondary N) is 1. The molecule has 1 amide bonds. The number of amides is 1. The Morgan fingerprint density at radius 3 is 2.38 bits per heavy atom. The van der Waals surface area contributed by atoms with Crippen molar-refractivity contribution in [2.24, 2.45) is 0 Å². The fourth-order valence-corrected chi connectivity index (χ4v) is 2.56. The highest BCUT2D eigenvalue weighted by Crippen LogP contribution is 2.33. The lowest BCUT2D eigenvalue weighted by atomic mass is 9.81. The molecule has 1 fully saturated rings. The molecule has 5 nitrogen and oxygen atoms in total. The van der Waals surface area contributed by atoms with Crippen molar-refractivity contribution in [3.63, 3.8) is 0 Å². The number of aromatic nitrogens is 1. The van der Waals surface area contributed by atoms with E-state index in [0.29, 0.717) is 12.8 Å². The van der Waals surface area contributed by atoms with Crippen LogP contribution >= 0.6 is 0 Å². The van der Waals surface area contributed by atoms with Crippen LogP contribution in [0.25, 0.3) is 0 Å². The molecule has 0 unspecified atom stereocenters. The molecule has 1 aliphatic carbocycles. The van der Waals surface area contributed by atoms with Gasteiger partial charge in [0.2, 0.25) is 0 Å². The lowest BCUT2D eigenvalue weighted by molar-refractivity contribution is 0.00751. The van der Waals surface area contributed by atoms with Crippen LogP contribution in [0.3, 0.4) is 0 Å². The van der Waals surface area contributed by atoms with Gasteiger partial charge in [0.25, 0.3) is 12.3 Å². The molecule has 1 aromatic heterocycles. The fourth-order valence-electron chi connectivity index (χ4n) is 2.56. The van der Waals surface area contributed by atoms with Gasteiger partial charge in [0.1, 0.15) is 5.54 Å². The largest absolute Gasteiger partial charge is 0.478 e. The average Bonchev–Trinajstić information content (AvgIpc) is 2.48. The number of carbonyl (C=O) groups is 2. The van der Waals surface area contributed by atoms with Crippen molar-refractivity contribution in [3.8, 4) is 0 Å². The van der Waals surface area contributed by atoms with Crippen molar-refractivity contribution < 1.29 is 23.5 Å². The van der Waals surface area contributed by atoms with E-state index in [2.05, 4.69) is 10.3 Å². The molecular weight excluding hydrogens is 282 g/mol. The molecule has 1 heterocycles. The molecule has 0 aliphatic heterocycles. The second kappa shape index (κ2) is 6.15. The highest BCUT2D eigenvalue weighted by molar-refractivity contribution is 5.97. The molecule has 114 valence electrons. The molecule has 1 aromatic rings. The summed E-state index contributed by atoms with van der Waals surface area (Å²) in [5.41, 5.74) is -1.70. The zero-order valence-corrected chi connectivity index (χ0v) is 11.3. The van der Waals surface area contributed by atoms with Gasteiger partial charge in [-0.05, 0) is 18.9 Å². The summed E-state index contributed by atoms with van der Waals surface area (Å²) in [7, 11) is 0. The predicted octanol–water partition coefficient (Wildman–Crippen LogP) is 2.48. The third-order valence-corrected chi connectivity index (χ3v) is 3.77. The number of hydrogen-bond acceptors (Lipinski definition) is 3. The molecule has 0 aromatic carbocycles. The molecular formula is C14H16F2N2O3. The minimum atomic E-state index is -2.66. The molecule has 21 heavy (non-hydrogen) atoms. The summed E-state index contributed by atoms with van der Waals surface area (Å²) in [5, 5.41) is 11.3. The molecule has 2 rings (SSSR count). The number of carboxylic acids is 1. The van der Waals surface area contributed by atoms with Gasteiger partial charge in [-0.2, -0.15) is 0 Å². The first-order valence-electron chi connectivity index (χ1n) is 6.74. The quantitative estimate of drug-likeness (QED) is 0.895. The minimum Gasteiger partial charge on any atom is -0.478 e. The summed E-state index contributed by atoms with van der Waals surface area (Å²) >= 11 is 0. The highest BCUT2D eigenvalue weighted by Gasteiger charge is 2.42. The number of carbonyl (C=O) groups excluding carboxylic acids is 1. The van der Waals surface area contributed by atoms with Crippen LogP contribution in [0.15, 0.2) is 18.5 Å². The van der Waals surface area contributed by atoms with Gasteiger partial charge in [-0.1, -0.05) is 19.3 Å². The number of pyridine rings is 1. The first-order valence-corrected chi connectivity index (χ1v) is 6.74. The van der Waals surface area contributed by atoms with E-state index in [1.165, 1.54) is 6.20 Å². The summed E-state index contributed by atoms with van der Waals surface area (Å²) in [4.78, 5) is 26.6. The van der Waals surface area contributed by atoms with Crippen molar-refractivity contribution in [1.29, 1.82) is 0 Å². The van der Waals surface area contributed by atoms with Crippen LogP contribution in [0.4, 0.5) is 8.78 Å². The molecule has 1 saturated carbocycles. The number of carboxylic acid groups (broad SMARTS) is 1. The average molecular weight is 298 g/mol. The van der Waals surface area contributed by atoms with Crippen LogP contribution < -0.4 is 5.32 Å². The summed E-state index contributed by atoms with van der Waals surface area (Å²) < 4.78 is 26.7. The molecule has 7 heteroatoms. The Morgan fingerprint density at radius 1 is 1.19 bits per heavy atom. The van der Waals surface area contributed by atoms with Crippen molar-refractivity contribution in [1.82, 2.24) is 10.3 Å². The number of nitrogens with zero attached hydrogens (tertiary/aromatic N) is 1. The summed E-state index contributed by atoms with van der Waals surface area (Å²) in [6.07, 6.45) is 2.21. The van der Waals surface area contributed by atoms with Gasteiger partial charge in [-0.25, -0.2) is 13.6 Å². The predicted molar refractivity (Wildman–Crippen MR) is 70.5 cm³/mol. The fraction of sp³-hybridized carbons (Fsp3) is 0.500. The van der Waals surface area contributed by atoms with Crippen LogP contribution in [-0.2, 0) is 0 Å². The van der Waals surface area contributed by atoms with Gasteiger partial charge >= 0.3 is 5.97 Å². The first kappa shape index (κ1) is 15.3. The highest BCUT2D eigenvalue weighted by atomic mass is 19.3. The number of rotatable bonds is 4. The van der Waals surface area contributed by atoms with Crippen LogP contribution in [0.2, 0.25) is 0 Å². The zero-order valence-electron chi connectivity index (χ0n) is 11.3.